The molecule has 1 aliphatic heterocycles. The number of amides is 3. The second-order valence-electron chi connectivity index (χ2n) is 8.89. The van der Waals surface area contributed by atoms with Gasteiger partial charge in [-0.15, -0.1) is 0 Å². The van der Waals surface area contributed by atoms with Gasteiger partial charge in [-0.25, -0.2) is 8.78 Å². The highest BCUT2D eigenvalue weighted by Gasteiger charge is 2.33. The van der Waals surface area contributed by atoms with Crippen LogP contribution in [-0.2, 0) is 24.0 Å². The number of ketones is 1. The van der Waals surface area contributed by atoms with E-state index < -0.39 is 83.5 Å². The van der Waals surface area contributed by atoms with E-state index in [2.05, 4.69) is 15.4 Å². The number of aliphatic carboxylic acids is 1. The summed E-state index contributed by atoms with van der Waals surface area (Å²) in [5, 5.41) is 22.8. The molecule has 15 heteroatoms. The Balaban J connectivity index is 1.57. The number of halogens is 4. The number of anilines is 1. The highest BCUT2D eigenvalue weighted by Crippen LogP contribution is 2.26. The molecular weight excluding hydrogens is 556 g/mol. The van der Waals surface area contributed by atoms with Crippen molar-refractivity contribution in [3.63, 3.8) is 0 Å². The van der Waals surface area contributed by atoms with Crippen LogP contribution in [0.4, 0.5) is 23.2 Å². The molecule has 0 saturated carbocycles. The fraction of sp³-hybridized carbons (Fsp3) is 0.308. The van der Waals surface area contributed by atoms with Crippen LogP contribution < -0.4 is 15.4 Å². The normalized spacial score (nSPS) is 14.0. The Labute approximate surface area is 229 Å². The molecule has 0 aromatic heterocycles. The molecule has 1 fully saturated rings. The monoisotopic (exact) mass is 578 g/mol. The van der Waals surface area contributed by atoms with Crippen molar-refractivity contribution in [1.29, 1.82) is 5.26 Å². The summed E-state index contributed by atoms with van der Waals surface area (Å²) in [7, 11) is 0. The van der Waals surface area contributed by atoms with Crippen molar-refractivity contribution in [3.05, 3.63) is 59.2 Å². The molecule has 2 aromatic carbocycles. The SMILES string of the molecule is N#Cc1ccccc1NC(=O)C(=O)N1CCC(C(=O)NC(CC(=O)O)C(=O)COc2c(F)c(F)cc(F)c2F)CC1. The third kappa shape index (κ3) is 7.56. The molecule has 41 heavy (non-hydrogen) atoms. The van der Waals surface area contributed by atoms with Crippen molar-refractivity contribution >= 4 is 35.2 Å². The Morgan fingerprint density at radius 2 is 1.66 bits per heavy atom. The number of likely N-dealkylation sites (tertiary alicyclic amines) is 1. The Bertz CT molecular complexity index is 1400. The number of carbonyl (C=O) groups is 5. The van der Waals surface area contributed by atoms with Gasteiger partial charge in [0, 0.05) is 25.1 Å². The maximum Gasteiger partial charge on any atom is 0.313 e. The van der Waals surface area contributed by atoms with E-state index in [0.29, 0.717) is 0 Å². The molecule has 0 bridgehead atoms. The molecule has 0 radical (unpaired) electrons. The lowest BCUT2D eigenvalue weighted by molar-refractivity contribution is -0.145. The molecule has 1 saturated heterocycles. The first-order valence-electron chi connectivity index (χ1n) is 12.0. The zero-order chi connectivity index (χ0) is 30.3. The van der Waals surface area contributed by atoms with Crippen molar-refractivity contribution in [2.24, 2.45) is 5.92 Å². The molecule has 1 unspecified atom stereocenters. The zero-order valence-electron chi connectivity index (χ0n) is 21.1. The van der Waals surface area contributed by atoms with E-state index >= 15 is 0 Å². The summed E-state index contributed by atoms with van der Waals surface area (Å²) in [6.45, 7) is -1.28. The van der Waals surface area contributed by atoms with Crippen LogP contribution in [-0.4, -0.2) is 65.2 Å². The first-order chi connectivity index (χ1) is 19.4. The Morgan fingerprint density at radius 3 is 2.24 bits per heavy atom. The number of hydrogen-bond donors (Lipinski definition) is 3. The van der Waals surface area contributed by atoms with Gasteiger partial charge in [0.15, 0.2) is 23.2 Å². The number of Topliss-reactive ketones (excluding diaryl/α,β-unsaturated/α-hetero) is 1. The predicted octanol–water partition coefficient (Wildman–Crippen LogP) is 1.90. The second kappa shape index (κ2) is 13.4. The maximum atomic E-state index is 13.8. The number of ether oxygens (including phenoxy) is 1. The lowest BCUT2D eigenvalue weighted by Crippen LogP contribution is -2.50. The van der Waals surface area contributed by atoms with Gasteiger partial charge in [0.05, 0.1) is 17.7 Å². The predicted molar refractivity (Wildman–Crippen MR) is 130 cm³/mol. The van der Waals surface area contributed by atoms with Crippen LogP contribution in [0.5, 0.6) is 5.75 Å². The Morgan fingerprint density at radius 1 is 1.05 bits per heavy atom. The largest absolute Gasteiger partial charge is 0.481 e. The van der Waals surface area contributed by atoms with Gasteiger partial charge < -0.3 is 25.4 Å². The molecule has 1 atom stereocenters. The number of carboxylic acid groups (broad SMARTS) is 1. The number of rotatable bonds is 9. The van der Waals surface area contributed by atoms with Gasteiger partial charge in [0.1, 0.15) is 18.7 Å². The van der Waals surface area contributed by atoms with E-state index in [0.717, 1.165) is 0 Å². The third-order valence-corrected chi connectivity index (χ3v) is 6.16. The number of hydrogen-bond acceptors (Lipinski definition) is 7. The number of benzene rings is 2. The summed E-state index contributed by atoms with van der Waals surface area (Å²) < 4.78 is 58.9. The summed E-state index contributed by atoms with van der Waals surface area (Å²) in [6, 6.07) is 6.16. The molecule has 3 rings (SSSR count). The minimum Gasteiger partial charge on any atom is -0.481 e. The molecule has 11 nitrogen and oxygen atoms in total. The quantitative estimate of drug-likeness (QED) is 0.231. The van der Waals surface area contributed by atoms with E-state index in [1.165, 1.54) is 17.0 Å². The first kappa shape index (κ1) is 30.5. The van der Waals surface area contributed by atoms with Crippen molar-refractivity contribution in [2.45, 2.75) is 25.3 Å². The zero-order valence-corrected chi connectivity index (χ0v) is 21.1. The van der Waals surface area contributed by atoms with Gasteiger partial charge in [-0.1, -0.05) is 12.1 Å². The lowest BCUT2D eigenvalue weighted by Gasteiger charge is -2.31. The van der Waals surface area contributed by atoms with Crippen LogP contribution in [0.15, 0.2) is 30.3 Å². The summed E-state index contributed by atoms with van der Waals surface area (Å²) >= 11 is 0. The molecule has 0 spiro atoms. The molecule has 216 valence electrons. The van der Waals surface area contributed by atoms with Crippen LogP contribution in [0.3, 0.4) is 0 Å². The standard InChI is InChI=1S/C26H22F4N4O7/c27-15-9-16(28)22(30)23(21(15)29)41-12-19(35)18(10-20(36)37)33-24(38)13-5-7-34(8-6-13)26(40)25(39)32-17-4-2-1-3-14(17)11-31/h1-4,9,13,18H,5-8,10,12H2,(H,32,39)(H,33,38)(H,36,37). The molecule has 3 N–H and O–H groups in total. The van der Waals surface area contributed by atoms with E-state index in [9.17, 15) is 41.5 Å². The minimum atomic E-state index is -1.90. The van der Waals surface area contributed by atoms with Crippen molar-refractivity contribution in [3.8, 4) is 11.8 Å². The van der Waals surface area contributed by atoms with Gasteiger partial charge in [-0.05, 0) is 25.0 Å². The number of carbonyl (C=O) groups excluding carboxylic acids is 4. The fourth-order valence-electron chi connectivity index (χ4n) is 3.99. The molecule has 1 heterocycles. The number of nitriles is 1. The highest BCUT2D eigenvalue weighted by molar-refractivity contribution is 6.39. The first-order valence-corrected chi connectivity index (χ1v) is 12.0. The van der Waals surface area contributed by atoms with Crippen LogP contribution in [0.2, 0.25) is 0 Å². The lowest BCUT2D eigenvalue weighted by atomic mass is 9.95. The van der Waals surface area contributed by atoms with Gasteiger partial charge in [-0.3, -0.25) is 24.0 Å². The van der Waals surface area contributed by atoms with Crippen molar-refractivity contribution < 1.29 is 51.4 Å². The topological polar surface area (TPSA) is 166 Å². The Hall–Kier alpha value is -5.00. The molecule has 0 aliphatic carbocycles. The minimum absolute atomic E-state index is 0.0332. The van der Waals surface area contributed by atoms with E-state index in [1.807, 2.05) is 6.07 Å². The third-order valence-electron chi connectivity index (χ3n) is 6.16. The number of nitrogens with zero attached hydrogens (tertiary/aromatic N) is 2. The molecular formula is C26H22F4N4O7. The fourth-order valence-corrected chi connectivity index (χ4v) is 3.99. The summed E-state index contributed by atoms with van der Waals surface area (Å²) in [4.78, 5) is 62.6. The number of piperidine rings is 1. The Kier molecular flexibility index (Phi) is 9.96. The second-order valence-corrected chi connectivity index (χ2v) is 8.89. The van der Waals surface area contributed by atoms with Crippen LogP contribution in [0, 0.1) is 40.5 Å². The van der Waals surface area contributed by atoms with Gasteiger partial charge in [0.2, 0.25) is 17.5 Å². The molecule has 3 amide bonds. The number of carboxylic acids is 1. The van der Waals surface area contributed by atoms with Gasteiger partial charge in [0.25, 0.3) is 0 Å². The number of nitrogens with one attached hydrogen (secondary N) is 2. The van der Waals surface area contributed by atoms with Crippen LogP contribution >= 0.6 is 0 Å². The summed E-state index contributed by atoms with van der Waals surface area (Å²) in [5.74, 6) is -15.0. The summed E-state index contributed by atoms with van der Waals surface area (Å²) in [6.07, 6.45) is -0.843. The van der Waals surface area contributed by atoms with E-state index in [1.54, 1.807) is 12.1 Å². The van der Waals surface area contributed by atoms with Crippen molar-refractivity contribution in [1.82, 2.24) is 10.2 Å². The number of para-hydroxylation sites is 1. The molecule has 1 aliphatic rings. The van der Waals surface area contributed by atoms with Crippen LogP contribution in [0.25, 0.3) is 0 Å². The molecule has 2 aromatic rings. The van der Waals surface area contributed by atoms with Gasteiger partial charge in [-0.2, -0.15) is 14.0 Å². The maximum absolute atomic E-state index is 13.8. The average molecular weight is 578 g/mol. The summed E-state index contributed by atoms with van der Waals surface area (Å²) in [5.41, 5.74) is 0.298. The van der Waals surface area contributed by atoms with E-state index in [-0.39, 0.29) is 43.2 Å². The van der Waals surface area contributed by atoms with E-state index in [4.69, 9.17) is 10.4 Å². The van der Waals surface area contributed by atoms with Crippen LogP contribution in [0.1, 0.15) is 24.8 Å². The van der Waals surface area contributed by atoms with Gasteiger partial charge >= 0.3 is 17.8 Å². The van der Waals surface area contributed by atoms with Crippen molar-refractivity contribution in [2.75, 3.05) is 25.0 Å². The highest BCUT2D eigenvalue weighted by atomic mass is 19.2. The average Bonchev–Trinajstić information content (AvgIpc) is 2.95. The smallest absolute Gasteiger partial charge is 0.313 e.